The largest absolute Gasteiger partial charge is 0.462 e. The highest BCUT2D eigenvalue weighted by Crippen LogP contribution is 2.15. The SMILES string of the molecule is CCC\C=C/C=C\C=C/C=C\C=C/CCCCCCCC(=O)OC(COC(=O)CCCCCCC\C=C/C=C\C=C/CCCCCCC)COC(=O)CCCCCCCCCCCC/C=C\C=C/CCCCC. The molecule has 414 valence electrons. The lowest BCUT2D eigenvalue weighted by molar-refractivity contribution is -0.167. The maximum atomic E-state index is 12.9. The van der Waals surface area contributed by atoms with Gasteiger partial charge in [-0.15, -0.1) is 0 Å². The van der Waals surface area contributed by atoms with E-state index in [0.29, 0.717) is 19.3 Å². The van der Waals surface area contributed by atoms with E-state index in [4.69, 9.17) is 14.2 Å². The smallest absolute Gasteiger partial charge is 0.306 e. The molecule has 0 rings (SSSR count). The number of hydrogen-bond donors (Lipinski definition) is 0. The molecule has 0 heterocycles. The molecule has 6 nitrogen and oxygen atoms in total. The van der Waals surface area contributed by atoms with Gasteiger partial charge in [0.25, 0.3) is 0 Å². The van der Waals surface area contributed by atoms with Crippen LogP contribution in [0.1, 0.15) is 265 Å². The summed E-state index contributed by atoms with van der Waals surface area (Å²) in [7, 11) is 0. The van der Waals surface area contributed by atoms with Crippen LogP contribution in [0.5, 0.6) is 0 Å². The first kappa shape index (κ1) is 68.8. The fourth-order valence-electron chi connectivity index (χ4n) is 8.05. The Bertz CT molecular complexity index is 1540. The normalized spacial score (nSPS) is 13.0. The summed E-state index contributed by atoms with van der Waals surface area (Å²) in [6.07, 6.45) is 83.2. The minimum absolute atomic E-state index is 0.1000. The second-order valence-electron chi connectivity index (χ2n) is 19.8. The van der Waals surface area contributed by atoms with Crippen molar-refractivity contribution in [2.24, 2.45) is 0 Å². The van der Waals surface area contributed by atoms with E-state index in [0.717, 1.165) is 109 Å². The number of carbonyl (C=O) groups excluding carboxylic acids is 3. The van der Waals surface area contributed by atoms with Crippen LogP contribution in [0.3, 0.4) is 0 Å². The second-order valence-corrected chi connectivity index (χ2v) is 19.8. The Labute approximate surface area is 450 Å². The molecular weight excluding hydrogens is 901 g/mol. The number of allylic oxidation sites excluding steroid dienone is 20. The maximum Gasteiger partial charge on any atom is 0.306 e. The molecule has 0 saturated carbocycles. The van der Waals surface area contributed by atoms with Crippen LogP contribution in [-0.4, -0.2) is 37.2 Å². The number of rotatable bonds is 53. The van der Waals surface area contributed by atoms with Crippen LogP contribution >= 0.6 is 0 Å². The van der Waals surface area contributed by atoms with E-state index in [2.05, 4.69) is 118 Å². The lowest BCUT2D eigenvalue weighted by Gasteiger charge is -2.18. The third kappa shape index (κ3) is 58.6. The van der Waals surface area contributed by atoms with Crippen LogP contribution in [0.2, 0.25) is 0 Å². The summed E-state index contributed by atoms with van der Waals surface area (Å²) in [6.45, 7) is 6.47. The monoisotopic (exact) mass is 1010 g/mol. The summed E-state index contributed by atoms with van der Waals surface area (Å²) < 4.78 is 16.9. The Balaban J connectivity index is 4.50. The third-order valence-corrected chi connectivity index (χ3v) is 12.6. The Kier molecular flexibility index (Phi) is 56.9. The Morgan fingerprint density at radius 3 is 0.863 bits per heavy atom. The summed E-state index contributed by atoms with van der Waals surface area (Å²) in [5.74, 6) is -0.947. The number of carbonyl (C=O) groups is 3. The van der Waals surface area contributed by atoms with Crippen molar-refractivity contribution >= 4 is 17.9 Å². The van der Waals surface area contributed by atoms with Gasteiger partial charge in [-0.05, 0) is 89.9 Å². The Morgan fingerprint density at radius 1 is 0.274 bits per heavy atom. The summed E-state index contributed by atoms with van der Waals surface area (Å²) in [4.78, 5) is 38.3. The molecule has 0 spiro atoms. The van der Waals surface area contributed by atoms with Gasteiger partial charge in [0.15, 0.2) is 6.10 Å². The molecule has 0 radical (unpaired) electrons. The van der Waals surface area contributed by atoms with E-state index in [-0.39, 0.29) is 31.1 Å². The van der Waals surface area contributed by atoms with Crippen molar-refractivity contribution < 1.29 is 28.6 Å². The third-order valence-electron chi connectivity index (χ3n) is 12.6. The van der Waals surface area contributed by atoms with Gasteiger partial charge in [-0.3, -0.25) is 14.4 Å². The Hall–Kier alpha value is -4.19. The summed E-state index contributed by atoms with van der Waals surface area (Å²) in [6, 6.07) is 0. The molecule has 0 aliphatic heterocycles. The minimum Gasteiger partial charge on any atom is -0.462 e. The fourth-order valence-corrected chi connectivity index (χ4v) is 8.05. The first-order valence-electron chi connectivity index (χ1n) is 30.2. The quantitative estimate of drug-likeness (QED) is 0.0261. The van der Waals surface area contributed by atoms with Crippen molar-refractivity contribution in [2.45, 2.75) is 271 Å². The average Bonchev–Trinajstić information content (AvgIpc) is 3.39. The highest BCUT2D eigenvalue weighted by molar-refractivity contribution is 5.71. The molecule has 0 aromatic rings. The van der Waals surface area contributed by atoms with Gasteiger partial charge in [0.2, 0.25) is 0 Å². The first-order valence-corrected chi connectivity index (χ1v) is 30.2. The van der Waals surface area contributed by atoms with E-state index in [1.54, 1.807) is 0 Å². The highest BCUT2D eigenvalue weighted by Gasteiger charge is 2.19. The standard InChI is InChI=1S/C67H110O6/c1-4-7-10-13-16-19-22-25-28-31-34-37-39-42-45-48-51-54-57-60-66(69)72-63-64(73-67(70)61-58-55-52-49-46-43-40-36-33-30-27-24-21-18-15-12-9-6-3)62-71-65(68)59-56-53-50-47-44-41-38-35-32-29-26-23-20-17-14-11-8-5-2/h12,15-16,18-19,21-27,29-30,32-33,35-36,38,40,64H,4-11,13-14,17,20,28,31,34,37,39,41-63H2,1-3H3/b15-12-,19-16-,21-18-,25-22-,26-23-,27-24-,32-29-,33-30-,38-35-,40-36-. The van der Waals surface area contributed by atoms with Crippen LogP contribution < -0.4 is 0 Å². The van der Waals surface area contributed by atoms with Gasteiger partial charge >= 0.3 is 17.9 Å². The van der Waals surface area contributed by atoms with Crippen LogP contribution in [0, 0.1) is 0 Å². The number of ether oxygens (including phenoxy) is 3. The van der Waals surface area contributed by atoms with E-state index < -0.39 is 6.10 Å². The molecule has 0 N–H and O–H groups in total. The average molecular weight is 1010 g/mol. The van der Waals surface area contributed by atoms with Gasteiger partial charge in [0, 0.05) is 19.3 Å². The van der Waals surface area contributed by atoms with Gasteiger partial charge < -0.3 is 14.2 Å². The topological polar surface area (TPSA) is 78.9 Å². The predicted molar refractivity (Wildman–Crippen MR) is 316 cm³/mol. The molecule has 6 heteroatoms. The number of unbranched alkanes of at least 4 members (excludes halogenated alkanes) is 29. The van der Waals surface area contributed by atoms with E-state index in [1.807, 2.05) is 24.3 Å². The zero-order valence-electron chi connectivity index (χ0n) is 47.4. The molecule has 1 unspecified atom stereocenters. The van der Waals surface area contributed by atoms with Gasteiger partial charge in [-0.25, -0.2) is 0 Å². The maximum absolute atomic E-state index is 12.9. The zero-order chi connectivity index (χ0) is 52.9. The van der Waals surface area contributed by atoms with E-state index >= 15 is 0 Å². The summed E-state index contributed by atoms with van der Waals surface area (Å²) in [5.41, 5.74) is 0. The van der Waals surface area contributed by atoms with Crippen molar-refractivity contribution in [1.29, 1.82) is 0 Å². The number of esters is 3. The molecule has 0 aromatic heterocycles. The molecule has 0 fully saturated rings. The van der Waals surface area contributed by atoms with Crippen LogP contribution in [0.4, 0.5) is 0 Å². The van der Waals surface area contributed by atoms with E-state index in [9.17, 15) is 14.4 Å². The number of hydrogen-bond acceptors (Lipinski definition) is 6. The van der Waals surface area contributed by atoms with Crippen molar-refractivity contribution in [3.05, 3.63) is 122 Å². The van der Waals surface area contributed by atoms with Gasteiger partial charge in [0.05, 0.1) is 0 Å². The molecule has 0 aliphatic rings. The first-order chi connectivity index (χ1) is 36.0. The molecular formula is C67H110O6. The Morgan fingerprint density at radius 2 is 0.521 bits per heavy atom. The van der Waals surface area contributed by atoms with Crippen LogP contribution in [0.15, 0.2) is 122 Å². The van der Waals surface area contributed by atoms with Gasteiger partial charge in [0.1, 0.15) is 13.2 Å². The molecule has 73 heavy (non-hydrogen) atoms. The summed E-state index contributed by atoms with van der Waals surface area (Å²) in [5, 5.41) is 0. The van der Waals surface area contributed by atoms with Gasteiger partial charge in [-0.2, -0.15) is 0 Å². The summed E-state index contributed by atoms with van der Waals surface area (Å²) >= 11 is 0. The predicted octanol–water partition coefficient (Wildman–Crippen LogP) is 20.4. The fraction of sp³-hybridized carbons (Fsp3) is 0.657. The second kappa shape index (κ2) is 60.4. The molecule has 0 bridgehead atoms. The van der Waals surface area contributed by atoms with Gasteiger partial charge in [-0.1, -0.05) is 277 Å². The van der Waals surface area contributed by atoms with Crippen molar-refractivity contribution in [1.82, 2.24) is 0 Å². The van der Waals surface area contributed by atoms with Crippen molar-refractivity contribution in [3.8, 4) is 0 Å². The van der Waals surface area contributed by atoms with Crippen LogP contribution in [-0.2, 0) is 28.6 Å². The lowest BCUT2D eigenvalue weighted by Crippen LogP contribution is -2.30. The molecule has 0 saturated heterocycles. The van der Waals surface area contributed by atoms with Crippen molar-refractivity contribution in [2.75, 3.05) is 13.2 Å². The zero-order valence-corrected chi connectivity index (χ0v) is 47.4. The molecule has 1 atom stereocenters. The molecule has 0 amide bonds. The van der Waals surface area contributed by atoms with Crippen molar-refractivity contribution in [3.63, 3.8) is 0 Å². The van der Waals surface area contributed by atoms with E-state index in [1.165, 1.54) is 116 Å². The molecule has 0 aromatic carbocycles. The highest BCUT2D eigenvalue weighted by atomic mass is 16.6. The molecule has 0 aliphatic carbocycles. The minimum atomic E-state index is -0.807. The van der Waals surface area contributed by atoms with Crippen LogP contribution in [0.25, 0.3) is 0 Å². The lowest BCUT2D eigenvalue weighted by atomic mass is 10.1.